The molecule has 3 aromatic carbocycles. The molecule has 7 heteroatoms. The number of benzene rings is 3. The molecule has 0 spiro atoms. The largest absolute Gasteiger partial charge is 0.507 e. The van der Waals surface area contributed by atoms with Gasteiger partial charge in [0.05, 0.1) is 23.4 Å². The van der Waals surface area contributed by atoms with Gasteiger partial charge >= 0.3 is 0 Å². The maximum Gasteiger partial charge on any atom is 0.275 e. The lowest BCUT2D eigenvalue weighted by molar-refractivity contribution is 0.0952. The molecule has 0 unspecified atom stereocenters. The minimum Gasteiger partial charge on any atom is -0.507 e. The van der Waals surface area contributed by atoms with E-state index in [-0.39, 0.29) is 11.3 Å². The van der Waals surface area contributed by atoms with Gasteiger partial charge in [0.1, 0.15) is 5.75 Å². The van der Waals surface area contributed by atoms with Crippen molar-refractivity contribution >= 4 is 39.0 Å². The molecule has 4 aromatic rings. The summed E-state index contributed by atoms with van der Waals surface area (Å²) < 4.78 is 2.73. The number of nitrogens with zero attached hydrogens (tertiary/aromatic N) is 3. The second kappa shape index (κ2) is 8.86. The van der Waals surface area contributed by atoms with Crippen LogP contribution < -0.4 is 5.43 Å². The van der Waals surface area contributed by atoms with E-state index in [1.807, 2.05) is 48.7 Å². The Balaban J connectivity index is 1.61. The van der Waals surface area contributed by atoms with Crippen LogP contribution in [0.1, 0.15) is 27.0 Å². The number of phenolic OH excluding ortho intramolecular Hbond substituents is 1. The summed E-state index contributed by atoms with van der Waals surface area (Å²) in [5, 5.41) is 24.3. The third kappa shape index (κ3) is 4.34. The number of aromatic nitrogens is 1. The SMILES string of the molecule is N#Cc1ccccc1Cn1cc(C=NNC(=O)c2cc(Br)ccc2O)c2ccccc21. The van der Waals surface area contributed by atoms with Crippen LogP contribution in [0.15, 0.2) is 82.5 Å². The number of nitriles is 1. The molecule has 6 nitrogen and oxygen atoms in total. The monoisotopic (exact) mass is 472 g/mol. The maximum absolute atomic E-state index is 12.3. The number of para-hydroxylation sites is 1. The van der Waals surface area contributed by atoms with E-state index in [0.717, 1.165) is 22.0 Å². The van der Waals surface area contributed by atoms with Gasteiger partial charge in [-0.3, -0.25) is 4.79 Å². The summed E-state index contributed by atoms with van der Waals surface area (Å²) in [5.41, 5.74) is 5.96. The van der Waals surface area contributed by atoms with Crippen molar-refractivity contribution in [1.82, 2.24) is 9.99 Å². The molecule has 1 aromatic heterocycles. The number of hydrogen-bond donors (Lipinski definition) is 2. The zero-order valence-corrected chi connectivity index (χ0v) is 17.9. The van der Waals surface area contributed by atoms with Gasteiger partial charge in [0.15, 0.2) is 0 Å². The van der Waals surface area contributed by atoms with Gasteiger partial charge in [0, 0.05) is 33.7 Å². The summed E-state index contributed by atoms with van der Waals surface area (Å²) in [7, 11) is 0. The number of aromatic hydroxyl groups is 1. The Morgan fingerprint density at radius 1 is 1.16 bits per heavy atom. The fraction of sp³-hybridized carbons (Fsp3) is 0.0417. The van der Waals surface area contributed by atoms with Gasteiger partial charge in [-0.05, 0) is 35.9 Å². The molecule has 1 heterocycles. The zero-order chi connectivity index (χ0) is 21.8. The third-order valence-electron chi connectivity index (χ3n) is 4.87. The number of amides is 1. The van der Waals surface area contributed by atoms with Crippen molar-refractivity contribution in [3.8, 4) is 11.8 Å². The fourth-order valence-corrected chi connectivity index (χ4v) is 3.73. The molecule has 0 aliphatic heterocycles. The lowest BCUT2D eigenvalue weighted by Gasteiger charge is -2.07. The summed E-state index contributed by atoms with van der Waals surface area (Å²) in [6.45, 7) is 0.538. The Morgan fingerprint density at radius 3 is 2.77 bits per heavy atom. The Bertz CT molecular complexity index is 1350. The molecule has 0 fully saturated rings. The summed E-state index contributed by atoms with van der Waals surface area (Å²) in [6.07, 6.45) is 3.51. The van der Waals surface area contributed by atoms with Crippen LogP contribution in [0.2, 0.25) is 0 Å². The molecule has 0 bridgehead atoms. The number of halogens is 1. The van der Waals surface area contributed by atoms with E-state index in [1.165, 1.54) is 12.1 Å². The van der Waals surface area contributed by atoms with Crippen molar-refractivity contribution in [1.29, 1.82) is 5.26 Å². The highest BCUT2D eigenvalue weighted by Crippen LogP contribution is 2.23. The van der Waals surface area contributed by atoms with Gasteiger partial charge in [-0.25, -0.2) is 5.43 Å². The molecule has 0 aliphatic carbocycles. The van der Waals surface area contributed by atoms with Crippen LogP contribution in [0, 0.1) is 11.3 Å². The molecular formula is C24H17BrN4O2. The van der Waals surface area contributed by atoms with E-state index in [2.05, 4.69) is 37.1 Å². The van der Waals surface area contributed by atoms with Crippen LogP contribution in [0.4, 0.5) is 0 Å². The van der Waals surface area contributed by atoms with Crippen LogP contribution in [-0.2, 0) is 6.54 Å². The second-order valence-corrected chi connectivity index (χ2v) is 7.77. The van der Waals surface area contributed by atoms with E-state index in [4.69, 9.17) is 0 Å². The first kappa shape index (κ1) is 20.4. The Kier molecular flexibility index (Phi) is 5.83. The van der Waals surface area contributed by atoms with Gasteiger partial charge in [-0.1, -0.05) is 52.3 Å². The number of carbonyl (C=O) groups is 1. The highest BCUT2D eigenvalue weighted by molar-refractivity contribution is 9.10. The van der Waals surface area contributed by atoms with Gasteiger partial charge in [-0.15, -0.1) is 0 Å². The van der Waals surface area contributed by atoms with Crippen LogP contribution in [0.5, 0.6) is 5.75 Å². The standard InChI is InChI=1S/C24H17BrN4O2/c25-19-9-10-23(30)21(11-19)24(31)28-27-13-18-15-29(22-8-4-3-7-20(18)22)14-17-6-2-1-5-16(17)12-26/h1-11,13,15,30H,14H2,(H,28,31). The number of phenols is 1. The first-order valence-electron chi connectivity index (χ1n) is 9.44. The third-order valence-corrected chi connectivity index (χ3v) is 5.36. The molecule has 2 N–H and O–H groups in total. The minimum atomic E-state index is -0.512. The summed E-state index contributed by atoms with van der Waals surface area (Å²) in [6, 6.07) is 22.2. The van der Waals surface area contributed by atoms with E-state index >= 15 is 0 Å². The van der Waals surface area contributed by atoms with Crippen molar-refractivity contribution in [3.05, 3.63) is 99.7 Å². The predicted molar refractivity (Wildman–Crippen MR) is 123 cm³/mol. The molecule has 31 heavy (non-hydrogen) atoms. The first-order chi connectivity index (χ1) is 15.1. The fourth-order valence-electron chi connectivity index (χ4n) is 3.37. The number of hydrogen-bond acceptors (Lipinski definition) is 4. The van der Waals surface area contributed by atoms with Gasteiger partial charge in [0.25, 0.3) is 5.91 Å². The van der Waals surface area contributed by atoms with E-state index in [1.54, 1.807) is 18.3 Å². The minimum absolute atomic E-state index is 0.122. The smallest absolute Gasteiger partial charge is 0.275 e. The van der Waals surface area contributed by atoms with Crippen LogP contribution in [0.3, 0.4) is 0 Å². The zero-order valence-electron chi connectivity index (χ0n) is 16.3. The normalized spacial score (nSPS) is 11.0. The van der Waals surface area contributed by atoms with Crippen LogP contribution in [-0.4, -0.2) is 21.8 Å². The molecule has 0 atom stereocenters. The highest BCUT2D eigenvalue weighted by Gasteiger charge is 2.12. The quantitative estimate of drug-likeness (QED) is 0.323. The molecule has 0 aliphatic rings. The first-order valence-corrected chi connectivity index (χ1v) is 10.2. The van der Waals surface area contributed by atoms with E-state index < -0.39 is 5.91 Å². The number of nitrogens with one attached hydrogen (secondary N) is 1. The van der Waals surface area contributed by atoms with Crippen molar-refractivity contribution in [2.75, 3.05) is 0 Å². The average molecular weight is 473 g/mol. The van der Waals surface area contributed by atoms with Crippen molar-refractivity contribution in [2.24, 2.45) is 5.10 Å². The summed E-state index contributed by atoms with van der Waals surface area (Å²) >= 11 is 3.28. The molecule has 0 radical (unpaired) electrons. The average Bonchev–Trinajstić information content (AvgIpc) is 3.13. The summed E-state index contributed by atoms with van der Waals surface area (Å²) in [4.78, 5) is 12.3. The van der Waals surface area contributed by atoms with Gasteiger partial charge in [-0.2, -0.15) is 10.4 Å². The van der Waals surface area contributed by atoms with E-state index in [9.17, 15) is 15.2 Å². The molecule has 0 saturated heterocycles. The van der Waals surface area contributed by atoms with Crippen molar-refractivity contribution < 1.29 is 9.90 Å². The molecule has 152 valence electrons. The molecule has 4 rings (SSSR count). The van der Waals surface area contributed by atoms with Crippen molar-refractivity contribution in [3.63, 3.8) is 0 Å². The number of carbonyl (C=O) groups excluding carboxylic acids is 1. The lowest BCUT2D eigenvalue weighted by Crippen LogP contribution is -2.17. The van der Waals surface area contributed by atoms with Crippen LogP contribution in [0.25, 0.3) is 10.9 Å². The Morgan fingerprint density at radius 2 is 1.94 bits per heavy atom. The Labute approximate surface area is 187 Å². The number of hydrazone groups is 1. The Hall–Kier alpha value is -3.89. The maximum atomic E-state index is 12.3. The van der Waals surface area contributed by atoms with Crippen molar-refractivity contribution in [2.45, 2.75) is 6.54 Å². The number of fused-ring (bicyclic) bond motifs is 1. The van der Waals surface area contributed by atoms with E-state index in [0.29, 0.717) is 16.6 Å². The molecular weight excluding hydrogens is 456 g/mol. The van der Waals surface area contributed by atoms with Gasteiger partial charge in [0.2, 0.25) is 0 Å². The summed E-state index contributed by atoms with van der Waals surface area (Å²) in [5.74, 6) is -0.634. The van der Waals surface area contributed by atoms with Crippen LogP contribution >= 0.6 is 15.9 Å². The second-order valence-electron chi connectivity index (χ2n) is 6.86. The molecule has 1 amide bonds. The molecule has 0 saturated carbocycles. The predicted octanol–water partition coefficient (Wildman–Crippen LogP) is 4.79. The topological polar surface area (TPSA) is 90.4 Å². The number of rotatable bonds is 5. The lowest BCUT2D eigenvalue weighted by atomic mass is 10.1. The van der Waals surface area contributed by atoms with Gasteiger partial charge < -0.3 is 9.67 Å². The highest BCUT2D eigenvalue weighted by atomic mass is 79.9.